The smallest absolute Gasteiger partial charge is 0.174 e. The first kappa shape index (κ1) is 6.65. The van der Waals surface area contributed by atoms with Crippen LogP contribution in [0, 0.1) is 0 Å². The molecule has 0 radical (unpaired) electrons. The highest BCUT2D eigenvalue weighted by Gasteiger charge is 2.13. The average molecular weight is 172 g/mol. The van der Waals surface area contributed by atoms with Crippen molar-refractivity contribution in [3.8, 4) is 0 Å². The summed E-state index contributed by atoms with van der Waals surface area (Å²) in [6.45, 7) is 0.734. The first-order chi connectivity index (χ1) is 6.45. The van der Waals surface area contributed by atoms with Crippen LogP contribution in [-0.2, 0) is 0 Å². The van der Waals surface area contributed by atoms with Crippen LogP contribution in [0.5, 0.6) is 0 Å². The van der Waals surface area contributed by atoms with Gasteiger partial charge in [-0.25, -0.2) is 0 Å². The Hall–Kier alpha value is -1.84. The topological polar surface area (TPSA) is 49.8 Å². The number of rotatable bonds is 0. The Morgan fingerprint density at radius 3 is 3.00 bits per heavy atom. The molecule has 2 aromatic rings. The fourth-order valence-electron chi connectivity index (χ4n) is 1.57. The van der Waals surface area contributed by atoms with E-state index in [0.29, 0.717) is 0 Å². The number of fused-ring (bicyclic) bond motifs is 3. The van der Waals surface area contributed by atoms with Crippen LogP contribution in [0.15, 0.2) is 24.3 Å². The predicted molar refractivity (Wildman–Crippen MR) is 51.7 cm³/mol. The highest BCUT2D eigenvalue weighted by molar-refractivity contribution is 5.97. The minimum absolute atomic E-state index is 0.734. The zero-order valence-corrected chi connectivity index (χ0v) is 6.91. The molecule has 4 heteroatoms. The Bertz CT molecular complexity index is 466. The van der Waals surface area contributed by atoms with Crippen LogP contribution in [0.1, 0.15) is 0 Å². The lowest BCUT2D eigenvalue weighted by Crippen LogP contribution is -1.99. The number of nitrogens with one attached hydrogen (secondary N) is 2. The number of hydrogen-bond donors (Lipinski definition) is 2. The predicted octanol–water partition coefficient (Wildman–Crippen LogP) is 1.42. The Balaban J connectivity index is 2.43. The Kier molecular flexibility index (Phi) is 1.19. The lowest BCUT2D eigenvalue weighted by molar-refractivity contribution is 1.08. The van der Waals surface area contributed by atoms with Crippen molar-refractivity contribution in [2.24, 2.45) is 0 Å². The number of anilines is 2. The maximum Gasteiger partial charge on any atom is 0.174 e. The summed E-state index contributed by atoms with van der Waals surface area (Å²) < 4.78 is 0. The molecule has 0 amide bonds. The minimum Gasteiger partial charge on any atom is -0.364 e. The highest BCUT2D eigenvalue weighted by Crippen LogP contribution is 2.30. The molecule has 0 saturated carbocycles. The van der Waals surface area contributed by atoms with Gasteiger partial charge in [-0.2, -0.15) is 0 Å². The first-order valence-electron chi connectivity index (χ1n) is 4.18. The molecular weight excluding hydrogens is 164 g/mol. The number of aromatic nitrogens is 2. The summed E-state index contributed by atoms with van der Waals surface area (Å²) in [5.74, 6) is 0.846. The van der Waals surface area contributed by atoms with Crippen LogP contribution >= 0.6 is 0 Å². The molecule has 2 heterocycles. The molecule has 1 aliphatic heterocycles. The lowest BCUT2D eigenvalue weighted by Gasteiger charge is -2.01. The maximum absolute atomic E-state index is 4.10. The summed E-state index contributed by atoms with van der Waals surface area (Å²) in [6, 6.07) is 7.97. The van der Waals surface area contributed by atoms with Gasteiger partial charge in [0.2, 0.25) is 0 Å². The highest BCUT2D eigenvalue weighted by atomic mass is 15.3. The van der Waals surface area contributed by atoms with Crippen LogP contribution in [0.2, 0.25) is 0 Å². The van der Waals surface area contributed by atoms with Crippen molar-refractivity contribution in [3.63, 3.8) is 0 Å². The molecule has 0 aliphatic carbocycles. The molecule has 2 N–H and O–H groups in total. The van der Waals surface area contributed by atoms with E-state index in [0.717, 1.165) is 29.1 Å². The summed E-state index contributed by atoms with van der Waals surface area (Å²) in [7, 11) is 0. The third kappa shape index (κ3) is 0.853. The number of hydrogen-bond acceptors (Lipinski definition) is 4. The van der Waals surface area contributed by atoms with Crippen molar-refractivity contribution < 1.29 is 0 Å². The van der Waals surface area contributed by atoms with E-state index in [9.17, 15) is 0 Å². The molecule has 1 aliphatic rings. The third-order valence-corrected chi connectivity index (χ3v) is 2.19. The van der Waals surface area contributed by atoms with Crippen molar-refractivity contribution >= 4 is 22.4 Å². The normalized spacial score (nSPS) is 13.5. The van der Waals surface area contributed by atoms with Gasteiger partial charge in [0.25, 0.3) is 0 Å². The fourth-order valence-corrected chi connectivity index (χ4v) is 1.57. The van der Waals surface area contributed by atoms with E-state index in [4.69, 9.17) is 0 Å². The van der Waals surface area contributed by atoms with E-state index >= 15 is 0 Å². The molecule has 0 fully saturated rings. The average Bonchev–Trinajstić information content (AvgIpc) is 2.65. The minimum atomic E-state index is 0.734. The number of nitrogens with zero attached hydrogens (tertiary/aromatic N) is 2. The van der Waals surface area contributed by atoms with Gasteiger partial charge in [-0.15, -0.1) is 10.2 Å². The van der Waals surface area contributed by atoms with Crippen molar-refractivity contribution in [2.75, 3.05) is 17.3 Å². The lowest BCUT2D eigenvalue weighted by atomic mass is 10.2. The van der Waals surface area contributed by atoms with Gasteiger partial charge in [0, 0.05) is 5.39 Å². The second kappa shape index (κ2) is 2.32. The van der Waals surface area contributed by atoms with Crippen LogP contribution < -0.4 is 10.6 Å². The summed E-state index contributed by atoms with van der Waals surface area (Å²) in [5, 5.41) is 15.6. The second-order valence-electron chi connectivity index (χ2n) is 2.97. The van der Waals surface area contributed by atoms with Crippen LogP contribution in [0.3, 0.4) is 0 Å². The fraction of sp³-hybridized carbons (Fsp3) is 0.111. The monoisotopic (exact) mass is 172 g/mol. The van der Waals surface area contributed by atoms with E-state index in [2.05, 4.69) is 20.8 Å². The van der Waals surface area contributed by atoms with Crippen molar-refractivity contribution in [1.82, 2.24) is 10.2 Å². The molecule has 0 spiro atoms. The molecule has 13 heavy (non-hydrogen) atoms. The SMILES string of the molecule is c1ccc2c3c(nnc2c1)NCN3. The van der Waals surface area contributed by atoms with Gasteiger partial charge in [0.1, 0.15) is 0 Å². The molecule has 0 saturated heterocycles. The molecular formula is C9H8N4. The van der Waals surface area contributed by atoms with Crippen LogP contribution in [0.4, 0.5) is 11.5 Å². The van der Waals surface area contributed by atoms with Crippen LogP contribution in [-0.4, -0.2) is 16.9 Å². The molecule has 64 valence electrons. The van der Waals surface area contributed by atoms with Gasteiger partial charge in [-0.05, 0) is 6.07 Å². The molecule has 3 rings (SSSR count). The van der Waals surface area contributed by atoms with Crippen molar-refractivity contribution in [2.45, 2.75) is 0 Å². The molecule has 4 nitrogen and oxygen atoms in total. The standard InChI is InChI=1S/C9H8N4/c1-2-4-7-6(3-1)8-9(13-12-7)11-5-10-8/h1-4,10H,5H2,(H,11,13). The van der Waals surface area contributed by atoms with Crippen molar-refractivity contribution in [1.29, 1.82) is 0 Å². The van der Waals surface area contributed by atoms with Gasteiger partial charge in [-0.1, -0.05) is 18.2 Å². The first-order valence-corrected chi connectivity index (χ1v) is 4.18. The van der Waals surface area contributed by atoms with E-state index < -0.39 is 0 Å². The van der Waals surface area contributed by atoms with Gasteiger partial charge in [-0.3, -0.25) is 0 Å². The summed E-state index contributed by atoms with van der Waals surface area (Å²) in [5.41, 5.74) is 1.99. The van der Waals surface area contributed by atoms with E-state index in [1.165, 1.54) is 0 Å². The van der Waals surface area contributed by atoms with Gasteiger partial charge in [0.15, 0.2) is 5.82 Å². The number of benzene rings is 1. The summed E-state index contributed by atoms with van der Waals surface area (Å²) in [4.78, 5) is 0. The third-order valence-electron chi connectivity index (χ3n) is 2.19. The van der Waals surface area contributed by atoms with Gasteiger partial charge in [0.05, 0.1) is 17.9 Å². The molecule has 0 bridgehead atoms. The summed E-state index contributed by atoms with van der Waals surface area (Å²) >= 11 is 0. The molecule has 0 atom stereocenters. The van der Waals surface area contributed by atoms with E-state index in [-0.39, 0.29) is 0 Å². The van der Waals surface area contributed by atoms with E-state index in [1.54, 1.807) is 0 Å². The Labute approximate surface area is 75.0 Å². The van der Waals surface area contributed by atoms with Gasteiger partial charge < -0.3 is 10.6 Å². The summed E-state index contributed by atoms with van der Waals surface area (Å²) in [6.07, 6.45) is 0. The quantitative estimate of drug-likeness (QED) is 0.631. The maximum atomic E-state index is 4.10. The Morgan fingerprint density at radius 2 is 2.00 bits per heavy atom. The largest absolute Gasteiger partial charge is 0.364 e. The zero-order valence-electron chi connectivity index (χ0n) is 6.91. The zero-order chi connectivity index (χ0) is 8.67. The molecule has 0 unspecified atom stereocenters. The van der Waals surface area contributed by atoms with Crippen LogP contribution in [0.25, 0.3) is 10.9 Å². The van der Waals surface area contributed by atoms with E-state index in [1.807, 2.05) is 24.3 Å². The molecule has 1 aromatic heterocycles. The second-order valence-corrected chi connectivity index (χ2v) is 2.97. The Morgan fingerprint density at radius 1 is 1.08 bits per heavy atom. The van der Waals surface area contributed by atoms with Gasteiger partial charge >= 0.3 is 0 Å². The van der Waals surface area contributed by atoms with Crippen molar-refractivity contribution in [3.05, 3.63) is 24.3 Å². The molecule has 1 aromatic carbocycles.